The zero-order chi connectivity index (χ0) is 4.12. The van der Waals surface area contributed by atoms with Crippen molar-refractivity contribution in [2.24, 2.45) is 0 Å². The Bertz CT molecular complexity index is 46.3. The Morgan fingerprint density at radius 3 is 1.62 bits per heavy atom. The van der Waals surface area contributed by atoms with Gasteiger partial charge in [-0.3, -0.25) is 6.58 Å². The van der Waals surface area contributed by atoms with Gasteiger partial charge in [0.15, 0.2) is 0 Å². The van der Waals surface area contributed by atoms with Crippen LogP contribution in [-0.2, 0) is 25.8 Å². The molecule has 1 heteroatoms. The molecule has 0 nitrogen and oxygen atoms in total. The van der Waals surface area contributed by atoms with Crippen LogP contribution in [0, 0.1) is 21.4 Å². The summed E-state index contributed by atoms with van der Waals surface area (Å²) in [5, 5.41) is 0. The maximum absolute atomic E-state index is 4.93. The summed E-state index contributed by atoms with van der Waals surface area (Å²) >= 11 is 0. The number of hydrogen-bond donors (Lipinski definition) is 0. The second kappa shape index (κ2) is 26.4. The fraction of sp³-hybridized carbons (Fsp3) is 0.143. The van der Waals surface area contributed by atoms with E-state index in [0.29, 0.717) is 0 Å². The first-order valence-electron chi connectivity index (χ1n) is 1.58. The summed E-state index contributed by atoms with van der Waals surface area (Å²) in [6.07, 6.45) is 5.15. The molecule has 0 aliphatic carbocycles. The smallest absolute Gasteiger partial charge is 0 e. The van der Waals surface area contributed by atoms with Gasteiger partial charge in [-0.15, -0.1) is 0 Å². The van der Waals surface area contributed by atoms with Crippen molar-refractivity contribution in [1.82, 2.24) is 0 Å². The quantitative estimate of drug-likeness (QED) is 0.392. The van der Waals surface area contributed by atoms with E-state index in [-0.39, 0.29) is 40.7 Å². The van der Waals surface area contributed by atoms with Crippen molar-refractivity contribution in [1.29, 1.82) is 0 Å². The van der Waals surface area contributed by atoms with E-state index in [1.165, 1.54) is 6.08 Å². The summed E-state index contributed by atoms with van der Waals surface area (Å²) < 4.78 is 0. The minimum atomic E-state index is 0. The summed E-state index contributed by atoms with van der Waals surface area (Å²) in [7, 11) is 0. The minimum absolute atomic E-state index is 0. The minimum Gasteiger partial charge on any atom is -0.358 e. The Labute approximate surface area is 72.5 Å². The zero-order valence-corrected chi connectivity index (χ0v) is 9.40. The Kier molecular flexibility index (Phi) is 78.7. The standard InChI is InChI=1S/C5H7.2CH3.Hf/c1-3-5-4-2;;;/h1,3-5H,2H3;2*1H3;/q3*-1;. The van der Waals surface area contributed by atoms with E-state index in [2.05, 4.69) is 0 Å². The fourth-order valence-electron chi connectivity index (χ4n) is 0.111. The zero-order valence-electron chi connectivity index (χ0n) is 5.81. The van der Waals surface area contributed by atoms with E-state index < -0.39 is 0 Å². The Balaban J connectivity index is -0.0000000267. The molecule has 0 amide bonds. The molecular formula is C7H13Hf-3. The van der Waals surface area contributed by atoms with E-state index in [0.717, 1.165) is 0 Å². The molecule has 0 atom stereocenters. The molecule has 0 heterocycles. The van der Waals surface area contributed by atoms with Crippen LogP contribution in [0.2, 0.25) is 0 Å². The van der Waals surface area contributed by atoms with Crippen molar-refractivity contribution in [3.8, 4) is 0 Å². The molecule has 48 valence electrons. The van der Waals surface area contributed by atoms with Gasteiger partial charge in [-0.2, -0.15) is 6.08 Å². The molecule has 8 heavy (non-hydrogen) atoms. The molecule has 0 radical (unpaired) electrons. The second-order valence-electron chi connectivity index (χ2n) is 0.718. The number of rotatable bonds is 1. The van der Waals surface area contributed by atoms with E-state index in [1.54, 1.807) is 6.08 Å². The third kappa shape index (κ3) is 32.9. The van der Waals surface area contributed by atoms with Gasteiger partial charge < -0.3 is 14.9 Å². The second-order valence-corrected chi connectivity index (χ2v) is 0.718. The van der Waals surface area contributed by atoms with Gasteiger partial charge in [0.25, 0.3) is 0 Å². The molecule has 0 aromatic rings. The van der Waals surface area contributed by atoms with Crippen molar-refractivity contribution in [2.45, 2.75) is 6.92 Å². The van der Waals surface area contributed by atoms with Crippen LogP contribution in [0.15, 0.2) is 18.2 Å². The van der Waals surface area contributed by atoms with Crippen LogP contribution in [0.1, 0.15) is 6.92 Å². The predicted molar refractivity (Wildman–Crippen MR) is 36.5 cm³/mol. The molecule has 0 N–H and O–H groups in total. The van der Waals surface area contributed by atoms with Crippen molar-refractivity contribution < 1.29 is 25.8 Å². The molecule has 0 aliphatic rings. The van der Waals surface area contributed by atoms with Crippen LogP contribution in [0.4, 0.5) is 0 Å². The first-order valence-corrected chi connectivity index (χ1v) is 1.58. The van der Waals surface area contributed by atoms with Crippen LogP contribution in [-0.4, -0.2) is 0 Å². The summed E-state index contributed by atoms with van der Waals surface area (Å²) in [6, 6.07) is 0. The maximum Gasteiger partial charge on any atom is 0 e. The molecule has 0 rings (SSSR count). The third-order valence-electron chi connectivity index (χ3n) is 0.304. The van der Waals surface area contributed by atoms with Crippen molar-refractivity contribution in [3.05, 3.63) is 39.7 Å². The van der Waals surface area contributed by atoms with Gasteiger partial charge in [0, 0.05) is 25.8 Å². The Hall–Kier alpha value is 0.350. The van der Waals surface area contributed by atoms with Gasteiger partial charge in [0.05, 0.1) is 0 Å². The molecule has 0 aromatic heterocycles. The molecule has 0 aliphatic heterocycles. The third-order valence-corrected chi connectivity index (χ3v) is 0.304. The van der Waals surface area contributed by atoms with Crippen LogP contribution in [0.25, 0.3) is 0 Å². The van der Waals surface area contributed by atoms with Crippen LogP contribution in [0.3, 0.4) is 0 Å². The Morgan fingerprint density at radius 2 is 1.62 bits per heavy atom. The fourth-order valence-corrected chi connectivity index (χ4v) is 0.111. The molecule has 0 bridgehead atoms. The van der Waals surface area contributed by atoms with Crippen molar-refractivity contribution >= 4 is 0 Å². The molecule has 0 unspecified atom stereocenters. The first kappa shape index (κ1) is 23.8. The van der Waals surface area contributed by atoms with Gasteiger partial charge in [0.2, 0.25) is 0 Å². The predicted octanol–water partition coefficient (Wildman–Crippen LogP) is 2.45. The summed E-state index contributed by atoms with van der Waals surface area (Å²) in [5.74, 6) is 0. The summed E-state index contributed by atoms with van der Waals surface area (Å²) in [4.78, 5) is 0. The first-order chi connectivity index (χ1) is 2.41. The van der Waals surface area contributed by atoms with Crippen molar-refractivity contribution in [2.75, 3.05) is 0 Å². The van der Waals surface area contributed by atoms with Gasteiger partial charge in [-0.25, -0.2) is 12.2 Å². The maximum atomic E-state index is 4.93. The molecular weight excluding hydrogens is 263 g/mol. The molecule has 0 fully saturated rings. The number of hydrogen-bond acceptors (Lipinski definition) is 0. The van der Waals surface area contributed by atoms with Gasteiger partial charge in [-0.1, -0.05) is 6.92 Å². The van der Waals surface area contributed by atoms with Gasteiger partial charge >= 0.3 is 0 Å². The van der Waals surface area contributed by atoms with E-state index in [9.17, 15) is 0 Å². The molecule has 0 saturated carbocycles. The molecule has 0 saturated heterocycles. The average Bonchev–Trinajstić information content (AvgIpc) is 1.41. The Morgan fingerprint density at radius 1 is 1.25 bits per heavy atom. The van der Waals surface area contributed by atoms with Crippen LogP contribution < -0.4 is 0 Å². The average molecular weight is 276 g/mol. The largest absolute Gasteiger partial charge is 0.358 e. The van der Waals surface area contributed by atoms with Gasteiger partial charge in [0.1, 0.15) is 0 Å². The summed E-state index contributed by atoms with van der Waals surface area (Å²) in [6.45, 7) is 6.85. The van der Waals surface area contributed by atoms with E-state index in [1.807, 2.05) is 13.0 Å². The van der Waals surface area contributed by atoms with E-state index >= 15 is 0 Å². The van der Waals surface area contributed by atoms with Crippen LogP contribution >= 0.6 is 0 Å². The molecule has 0 aromatic carbocycles. The summed E-state index contributed by atoms with van der Waals surface area (Å²) in [5.41, 5.74) is 0. The normalized spacial score (nSPS) is 5.62. The molecule has 0 spiro atoms. The van der Waals surface area contributed by atoms with Crippen molar-refractivity contribution in [3.63, 3.8) is 0 Å². The van der Waals surface area contributed by atoms with E-state index in [4.69, 9.17) is 6.58 Å². The van der Waals surface area contributed by atoms with Gasteiger partial charge in [-0.05, 0) is 0 Å². The SMILES string of the molecule is [CH-]=CC=CC.[CH3-].[CH3-].[Hf]. The topological polar surface area (TPSA) is 0 Å². The number of allylic oxidation sites excluding steroid dienone is 3. The monoisotopic (exact) mass is 277 g/mol. The van der Waals surface area contributed by atoms with Crippen LogP contribution in [0.5, 0.6) is 0 Å².